The quantitative estimate of drug-likeness (QED) is 0.0199. The lowest BCUT2D eigenvalue weighted by atomic mass is 9.96. The summed E-state index contributed by atoms with van der Waals surface area (Å²) in [6.45, 7) is 1.77. The van der Waals surface area contributed by atoms with Gasteiger partial charge in [-0.2, -0.15) is 0 Å². The van der Waals surface area contributed by atoms with Crippen LogP contribution in [0.25, 0.3) is 0 Å². The summed E-state index contributed by atoms with van der Waals surface area (Å²) in [5.74, 6) is -0.278. The monoisotopic (exact) mass is 1600 g/mol. The zero-order valence-corrected chi connectivity index (χ0v) is 71.6. The summed E-state index contributed by atoms with van der Waals surface area (Å²) < 4.78 is 34.5. The minimum atomic E-state index is -1.98. The van der Waals surface area contributed by atoms with Crippen molar-refractivity contribution in [1.82, 2.24) is 5.32 Å². The van der Waals surface area contributed by atoms with E-state index in [0.717, 1.165) is 51.4 Å². The van der Waals surface area contributed by atoms with E-state index < -0.39 is 124 Å². The summed E-state index contributed by atoms with van der Waals surface area (Å²) in [5, 5.41) is 121. The van der Waals surface area contributed by atoms with E-state index in [1.54, 1.807) is 6.08 Å². The predicted octanol–water partition coefficient (Wildman–Crippen LogP) is 18.5. The van der Waals surface area contributed by atoms with Gasteiger partial charge in [0, 0.05) is 6.42 Å². The van der Waals surface area contributed by atoms with Crippen molar-refractivity contribution in [2.24, 2.45) is 0 Å². The van der Waals surface area contributed by atoms with Gasteiger partial charge < -0.3 is 89.9 Å². The smallest absolute Gasteiger partial charge is 0.220 e. The van der Waals surface area contributed by atoms with Crippen LogP contribution >= 0.6 is 0 Å². The number of aliphatic hydroxyl groups is 11. The highest BCUT2D eigenvalue weighted by molar-refractivity contribution is 5.76. The number of unbranched alkanes of at least 4 members (excludes halogenated alkanes) is 53. The summed E-state index contributed by atoms with van der Waals surface area (Å²) >= 11 is 0. The van der Waals surface area contributed by atoms with Gasteiger partial charge in [0.2, 0.25) is 5.91 Å². The molecule has 17 unspecified atom stereocenters. The minimum Gasteiger partial charge on any atom is -0.394 e. The van der Waals surface area contributed by atoms with E-state index in [4.69, 9.17) is 28.4 Å². The van der Waals surface area contributed by atoms with E-state index in [-0.39, 0.29) is 18.9 Å². The molecule has 0 aromatic rings. The van der Waals surface area contributed by atoms with Crippen molar-refractivity contribution in [3.8, 4) is 0 Å². The van der Waals surface area contributed by atoms with E-state index in [0.29, 0.717) is 12.8 Å². The van der Waals surface area contributed by atoms with Gasteiger partial charge in [0.05, 0.1) is 38.6 Å². The number of ether oxygens (including phenoxy) is 6. The molecule has 662 valence electrons. The number of aliphatic hydroxyl groups excluding tert-OH is 11. The van der Waals surface area contributed by atoms with Gasteiger partial charge in [-0.05, 0) is 70.6 Å². The summed E-state index contributed by atoms with van der Waals surface area (Å²) in [4.78, 5) is 13.5. The molecule has 17 atom stereocenters. The molecule has 0 aliphatic carbocycles. The highest BCUT2D eigenvalue weighted by Gasteiger charge is 2.54. The zero-order valence-electron chi connectivity index (χ0n) is 71.6. The molecular formula is C94H173NO18. The van der Waals surface area contributed by atoms with E-state index >= 15 is 0 Å². The van der Waals surface area contributed by atoms with Crippen LogP contribution in [0.2, 0.25) is 0 Å². The van der Waals surface area contributed by atoms with Crippen LogP contribution in [0.3, 0.4) is 0 Å². The molecule has 0 spiro atoms. The molecule has 3 heterocycles. The number of rotatable bonds is 77. The number of allylic oxidation sites excluding steroid dienone is 9. The number of carbonyl (C=O) groups excluding carboxylic acids is 1. The lowest BCUT2D eigenvalue weighted by molar-refractivity contribution is -0.379. The van der Waals surface area contributed by atoms with Crippen LogP contribution in [0, 0.1) is 0 Å². The molecule has 3 rings (SSSR count). The normalized spacial score (nSPS) is 25.1. The number of hydrogen-bond acceptors (Lipinski definition) is 18. The van der Waals surface area contributed by atoms with Crippen LogP contribution in [0.4, 0.5) is 0 Å². The summed E-state index contributed by atoms with van der Waals surface area (Å²) in [7, 11) is 0. The van der Waals surface area contributed by atoms with Crippen LogP contribution in [-0.2, 0) is 33.2 Å². The highest BCUT2D eigenvalue weighted by atomic mass is 16.8. The van der Waals surface area contributed by atoms with Crippen molar-refractivity contribution in [3.63, 3.8) is 0 Å². The Hall–Kier alpha value is -2.51. The van der Waals surface area contributed by atoms with Gasteiger partial charge in [-0.25, -0.2) is 0 Å². The maximum atomic E-state index is 13.5. The highest BCUT2D eigenvalue weighted by Crippen LogP contribution is 2.34. The van der Waals surface area contributed by atoms with E-state index in [9.17, 15) is 61.0 Å². The van der Waals surface area contributed by atoms with Crippen LogP contribution in [0.15, 0.2) is 60.8 Å². The molecule has 0 saturated carbocycles. The molecule has 3 aliphatic heterocycles. The second-order valence-electron chi connectivity index (χ2n) is 33.5. The lowest BCUT2D eigenvalue weighted by Crippen LogP contribution is -2.66. The Morgan fingerprint density at radius 3 is 0.947 bits per heavy atom. The molecule has 3 aliphatic rings. The van der Waals surface area contributed by atoms with Gasteiger partial charge in [0.25, 0.3) is 0 Å². The number of nitrogens with one attached hydrogen (secondary N) is 1. The molecule has 0 radical (unpaired) electrons. The molecule has 1 amide bonds. The Labute approximate surface area is 687 Å². The fraction of sp³-hybridized carbons (Fsp3) is 0.883. The fourth-order valence-corrected chi connectivity index (χ4v) is 15.8. The average Bonchev–Trinajstić information content (AvgIpc) is 0.777. The summed E-state index contributed by atoms with van der Waals surface area (Å²) in [6.07, 6.45) is 71.1. The molecule has 19 nitrogen and oxygen atoms in total. The zero-order chi connectivity index (χ0) is 81.7. The topological polar surface area (TPSA) is 307 Å². The number of amides is 1. The Morgan fingerprint density at radius 2 is 0.593 bits per heavy atom. The second kappa shape index (κ2) is 73.4. The summed E-state index contributed by atoms with van der Waals surface area (Å²) in [6, 6.07) is -0.992. The van der Waals surface area contributed by atoms with Crippen molar-refractivity contribution in [2.45, 2.75) is 503 Å². The molecular weight excluding hydrogens is 1430 g/mol. The first-order chi connectivity index (χ1) is 55.3. The first-order valence-electron chi connectivity index (χ1n) is 47.0. The van der Waals surface area contributed by atoms with Crippen LogP contribution in [0.5, 0.6) is 0 Å². The first-order valence-corrected chi connectivity index (χ1v) is 47.0. The Balaban J connectivity index is 1.30. The molecule has 0 aromatic heterocycles. The van der Waals surface area contributed by atoms with Crippen LogP contribution in [-0.4, -0.2) is 193 Å². The molecule has 0 bridgehead atoms. The van der Waals surface area contributed by atoms with Gasteiger partial charge in [-0.1, -0.05) is 383 Å². The van der Waals surface area contributed by atoms with Gasteiger partial charge in [-0.15, -0.1) is 0 Å². The third-order valence-corrected chi connectivity index (χ3v) is 23.3. The second-order valence-corrected chi connectivity index (χ2v) is 33.5. The third kappa shape index (κ3) is 51.7. The molecule has 0 aromatic carbocycles. The molecule has 3 saturated heterocycles. The molecule has 12 N–H and O–H groups in total. The molecule has 113 heavy (non-hydrogen) atoms. The van der Waals surface area contributed by atoms with Crippen molar-refractivity contribution in [2.75, 3.05) is 26.4 Å². The maximum Gasteiger partial charge on any atom is 0.220 e. The fourth-order valence-electron chi connectivity index (χ4n) is 15.8. The van der Waals surface area contributed by atoms with Gasteiger partial charge >= 0.3 is 0 Å². The van der Waals surface area contributed by atoms with E-state index in [2.05, 4.69) is 67.8 Å². The van der Waals surface area contributed by atoms with Crippen molar-refractivity contribution >= 4 is 5.91 Å². The predicted molar refractivity (Wildman–Crippen MR) is 457 cm³/mol. The first kappa shape index (κ1) is 105. The van der Waals surface area contributed by atoms with Crippen molar-refractivity contribution in [3.05, 3.63) is 60.8 Å². The lowest BCUT2D eigenvalue weighted by Gasteiger charge is -2.48. The third-order valence-electron chi connectivity index (χ3n) is 23.3. The Morgan fingerprint density at radius 1 is 0.319 bits per heavy atom. The largest absolute Gasteiger partial charge is 0.394 e. The summed E-state index contributed by atoms with van der Waals surface area (Å²) in [5.41, 5.74) is 0. The van der Waals surface area contributed by atoms with E-state index in [1.165, 1.54) is 315 Å². The Bertz CT molecular complexity index is 2270. The van der Waals surface area contributed by atoms with Gasteiger partial charge in [-0.3, -0.25) is 4.79 Å². The number of carbonyl (C=O) groups is 1. The van der Waals surface area contributed by atoms with Crippen molar-refractivity contribution < 1.29 is 89.4 Å². The minimum absolute atomic E-state index is 0.239. The Kier molecular flexibility index (Phi) is 68.0. The van der Waals surface area contributed by atoms with Gasteiger partial charge in [0.1, 0.15) is 73.2 Å². The van der Waals surface area contributed by atoms with Gasteiger partial charge in [0.15, 0.2) is 18.9 Å². The average molecular weight is 1610 g/mol. The molecule has 19 heteroatoms. The van der Waals surface area contributed by atoms with Crippen molar-refractivity contribution in [1.29, 1.82) is 0 Å². The molecule has 3 fully saturated rings. The standard InChI is InChI=1S/C94H173NO18/c1-3-5-7-9-11-13-15-17-19-21-23-25-27-29-31-32-33-34-35-36-37-38-39-40-41-42-43-44-46-48-50-52-54-56-58-60-62-64-66-68-70-72-82(100)95-77(78(99)71-69-67-65-63-61-59-57-55-53-51-49-47-45-30-28-26-24-22-20-18-16-14-12-10-8-6-4-2)76-108-92-88(106)85(103)90(80(74-97)110-92)113-94-89(107)86(104)91(81(75-98)111-94)112-93-87(105)84(102)83(101)79(73-96)109-93/h15,17,21,23,27,29,61,63,69,71,77-81,83-94,96-99,101-107H,3-14,16,18-20,22,24-26,28,30-60,62,64-68,70,72-76H2,1-2H3,(H,95,100)/b17-15-,23-21-,29-27-,63-61+,71-69+. The van der Waals surface area contributed by atoms with Crippen LogP contribution < -0.4 is 5.32 Å². The number of hydrogen-bond donors (Lipinski definition) is 12. The van der Waals surface area contributed by atoms with Crippen LogP contribution in [0.1, 0.15) is 399 Å². The SMILES string of the molecule is CCCCCCC/C=C\C/C=C\C/C=C\CCCCCCCCCCCCCCCCCCCCCCCCCCCCC(=O)NC(COC1OC(CO)C(OC2OC(CO)C(OC3OC(CO)C(O)C(O)C3O)C(O)C2O)C(O)C1O)C(O)/C=C/CC/C=C/CCCCCCCCCCCCCCCCCCCCCCC. The maximum absolute atomic E-state index is 13.5. The van der Waals surface area contributed by atoms with E-state index in [1.807, 2.05) is 6.08 Å².